The second kappa shape index (κ2) is 9.49. The number of aryl methyl sites for hydroxylation is 2. The summed E-state index contributed by atoms with van der Waals surface area (Å²) in [7, 11) is 0. The molecule has 0 aliphatic heterocycles. The zero-order chi connectivity index (χ0) is 22.7. The van der Waals surface area contributed by atoms with Gasteiger partial charge in [0.15, 0.2) is 5.13 Å². The average Bonchev–Trinajstić information content (AvgIpc) is 3.23. The third kappa shape index (κ3) is 4.50. The standard InChI is InChI=1S/C26H28N4OS/c1-5-29(6-2)22-11-9-21(10-12-22)25(31)30(17-20-8-7-13-27-16-20)26-28-24-19(4)14-18(3)15-23(24)32-26/h7-16H,5-6,17H2,1-4H3. The number of anilines is 2. The zero-order valence-corrected chi connectivity index (χ0v) is 19.8. The van der Waals surface area contributed by atoms with Crippen molar-refractivity contribution in [3.8, 4) is 0 Å². The Kier molecular flexibility index (Phi) is 6.51. The molecule has 2 heterocycles. The van der Waals surface area contributed by atoms with E-state index in [2.05, 4.69) is 49.7 Å². The summed E-state index contributed by atoms with van der Waals surface area (Å²) in [4.78, 5) is 26.8. The van der Waals surface area contributed by atoms with Crippen molar-refractivity contribution >= 4 is 38.3 Å². The zero-order valence-electron chi connectivity index (χ0n) is 19.0. The lowest BCUT2D eigenvalue weighted by atomic mass is 10.1. The molecule has 0 N–H and O–H groups in total. The van der Waals surface area contributed by atoms with Crippen molar-refractivity contribution < 1.29 is 4.79 Å². The van der Waals surface area contributed by atoms with Crippen molar-refractivity contribution in [3.05, 3.63) is 83.2 Å². The second-order valence-corrected chi connectivity index (χ2v) is 8.91. The van der Waals surface area contributed by atoms with Gasteiger partial charge in [-0.1, -0.05) is 23.5 Å². The number of pyridine rings is 1. The topological polar surface area (TPSA) is 49.3 Å². The molecule has 0 bridgehead atoms. The van der Waals surface area contributed by atoms with Crippen LogP contribution in [-0.2, 0) is 6.54 Å². The molecule has 0 saturated heterocycles. The quantitative estimate of drug-likeness (QED) is 0.351. The van der Waals surface area contributed by atoms with Gasteiger partial charge in [-0.2, -0.15) is 0 Å². The number of amides is 1. The molecule has 6 heteroatoms. The summed E-state index contributed by atoms with van der Waals surface area (Å²) >= 11 is 1.56. The summed E-state index contributed by atoms with van der Waals surface area (Å²) in [5, 5.41) is 0.704. The first kappa shape index (κ1) is 22.0. The number of fused-ring (bicyclic) bond motifs is 1. The van der Waals surface area contributed by atoms with E-state index in [0.717, 1.165) is 40.1 Å². The van der Waals surface area contributed by atoms with Crippen molar-refractivity contribution in [2.45, 2.75) is 34.2 Å². The van der Waals surface area contributed by atoms with Gasteiger partial charge in [0.05, 0.1) is 16.8 Å². The van der Waals surface area contributed by atoms with E-state index in [9.17, 15) is 4.79 Å². The molecule has 1 amide bonds. The number of carbonyl (C=O) groups is 1. The Bertz CT molecular complexity index is 1210. The molecule has 0 saturated carbocycles. The van der Waals surface area contributed by atoms with Crippen LogP contribution < -0.4 is 9.80 Å². The van der Waals surface area contributed by atoms with Crippen molar-refractivity contribution in [3.63, 3.8) is 0 Å². The minimum absolute atomic E-state index is 0.0617. The number of thiazole rings is 1. The molecule has 4 aromatic rings. The molecule has 0 atom stereocenters. The number of aromatic nitrogens is 2. The van der Waals surface area contributed by atoms with Crippen LogP contribution in [0.2, 0.25) is 0 Å². The van der Waals surface area contributed by atoms with Crippen molar-refractivity contribution in [1.82, 2.24) is 9.97 Å². The fourth-order valence-electron chi connectivity index (χ4n) is 3.93. The highest BCUT2D eigenvalue weighted by Crippen LogP contribution is 2.33. The summed E-state index contributed by atoms with van der Waals surface area (Å²) in [6.07, 6.45) is 3.54. The molecule has 2 aromatic carbocycles. The highest BCUT2D eigenvalue weighted by atomic mass is 32.1. The minimum atomic E-state index is -0.0617. The fourth-order valence-corrected chi connectivity index (χ4v) is 5.07. The lowest BCUT2D eigenvalue weighted by Crippen LogP contribution is -2.30. The number of hydrogen-bond acceptors (Lipinski definition) is 5. The van der Waals surface area contributed by atoms with Gasteiger partial charge in [0, 0.05) is 36.7 Å². The number of hydrogen-bond donors (Lipinski definition) is 0. The predicted molar refractivity (Wildman–Crippen MR) is 134 cm³/mol. The van der Waals surface area contributed by atoms with E-state index in [4.69, 9.17) is 4.98 Å². The molecule has 2 aromatic heterocycles. The van der Waals surface area contributed by atoms with Crippen molar-refractivity contribution in [1.29, 1.82) is 0 Å². The molecule has 5 nitrogen and oxygen atoms in total. The Morgan fingerprint density at radius 1 is 1.03 bits per heavy atom. The number of rotatable bonds is 7. The molecule has 0 aliphatic carbocycles. The Labute approximate surface area is 193 Å². The monoisotopic (exact) mass is 444 g/mol. The van der Waals surface area contributed by atoms with Gasteiger partial charge in [-0.25, -0.2) is 4.98 Å². The van der Waals surface area contributed by atoms with Crippen molar-refractivity contribution in [2.24, 2.45) is 0 Å². The van der Waals surface area contributed by atoms with Crippen LogP contribution in [0.5, 0.6) is 0 Å². The Morgan fingerprint density at radius 2 is 1.78 bits per heavy atom. The smallest absolute Gasteiger partial charge is 0.260 e. The van der Waals surface area contributed by atoms with Crippen LogP contribution in [0.3, 0.4) is 0 Å². The molecular weight excluding hydrogens is 416 g/mol. The van der Waals surface area contributed by atoms with Gasteiger partial charge >= 0.3 is 0 Å². The van der Waals surface area contributed by atoms with Gasteiger partial charge in [0.1, 0.15) is 0 Å². The number of carbonyl (C=O) groups excluding carboxylic acids is 1. The van der Waals surface area contributed by atoms with Crippen LogP contribution in [0.15, 0.2) is 60.9 Å². The molecule has 0 unspecified atom stereocenters. The first-order chi connectivity index (χ1) is 15.5. The summed E-state index contributed by atoms with van der Waals surface area (Å²) in [6, 6.07) is 16.0. The first-order valence-electron chi connectivity index (χ1n) is 10.9. The SMILES string of the molecule is CCN(CC)c1ccc(C(=O)N(Cc2cccnc2)c2nc3c(C)cc(C)cc3s2)cc1. The highest BCUT2D eigenvalue weighted by Gasteiger charge is 2.22. The average molecular weight is 445 g/mol. The van der Waals surface area contributed by atoms with E-state index in [-0.39, 0.29) is 5.91 Å². The maximum Gasteiger partial charge on any atom is 0.260 e. The maximum absolute atomic E-state index is 13.7. The molecule has 4 rings (SSSR count). The minimum Gasteiger partial charge on any atom is -0.372 e. The first-order valence-corrected chi connectivity index (χ1v) is 11.7. The predicted octanol–water partition coefficient (Wildman–Crippen LogP) is 6.00. The third-order valence-corrected chi connectivity index (χ3v) is 6.63. The van der Waals surface area contributed by atoms with E-state index in [0.29, 0.717) is 17.2 Å². The van der Waals surface area contributed by atoms with Gasteiger partial charge in [0.25, 0.3) is 5.91 Å². The molecule has 0 fully saturated rings. The van der Waals surface area contributed by atoms with E-state index in [1.165, 1.54) is 5.56 Å². The molecule has 0 spiro atoms. The molecule has 0 radical (unpaired) electrons. The molecule has 0 aliphatic rings. The van der Waals surface area contributed by atoms with Gasteiger partial charge in [0.2, 0.25) is 0 Å². The van der Waals surface area contributed by atoms with Gasteiger partial charge in [-0.3, -0.25) is 14.7 Å². The summed E-state index contributed by atoms with van der Waals surface area (Å²) in [6.45, 7) is 10.7. The van der Waals surface area contributed by atoms with Crippen LogP contribution in [-0.4, -0.2) is 29.0 Å². The Morgan fingerprint density at radius 3 is 2.44 bits per heavy atom. The van der Waals surface area contributed by atoms with Gasteiger partial charge in [-0.05, 0) is 80.8 Å². The van der Waals surface area contributed by atoms with E-state index < -0.39 is 0 Å². The van der Waals surface area contributed by atoms with Gasteiger partial charge < -0.3 is 4.90 Å². The highest BCUT2D eigenvalue weighted by molar-refractivity contribution is 7.22. The summed E-state index contributed by atoms with van der Waals surface area (Å²) < 4.78 is 1.10. The fraction of sp³-hybridized carbons (Fsp3) is 0.269. The van der Waals surface area contributed by atoms with E-state index in [1.807, 2.05) is 36.4 Å². The summed E-state index contributed by atoms with van der Waals surface area (Å²) in [5.41, 5.74) is 6.01. The largest absolute Gasteiger partial charge is 0.372 e. The molecule has 32 heavy (non-hydrogen) atoms. The van der Waals surface area contributed by atoms with Crippen LogP contribution in [0.1, 0.15) is 40.9 Å². The van der Waals surface area contributed by atoms with Gasteiger partial charge in [-0.15, -0.1) is 0 Å². The van der Waals surface area contributed by atoms with Crippen LogP contribution >= 0.6 is 11.3 Å². The third-order valence-electron chi connectivity index (χ3n) is 5.60. The Hall–Kier alpha value is -3.25. The molecular formula is C26H28N4OS. The lowest BCUT2D eigenvalue weighted by Gasteiger charge is -2.22. The van der Waals surface area contributed by atoms with Crippen LogP contribution in [0.4, 0.5) is 10.8 Å². The van der Waals surface area contributed by atoms with E-state index in [1.54, 1.807) is 28.6 Å². The van der Waals surface area contributed by atoms with E-state index >= 15 is 0 Å². The van der Waals surface area contributed by atoms with Crippen molar-refractivity contribution in [2.75, 3.05) is 22.9 Å². The molecule has 164 valence electrons. The second-order valence-electron chi connectivity index (χ2n) is 7.90. The van der Waals surface area contributed by atoms with Crippen LogP contribution in [0, 0.1) is 13.8 Å². The number of benzene rings is 2. The Balaban J connectivity index is 1.73. The van der Waals surface area contributed by atoms with Crippen LogP contribution in [0.25, 0.3) is 10.2 Å². The number of nitrogens with zero attached hydrogens (tertiary/aromatic N) is 4. The normalized spacial score (nSPS) is 11.0. The summed E-state index contributed by atoms with van der Waals surface area (Å²) in [5.74, 6) is -0.0617. The lowest BCUT2D eigenvalue weighted by molar-refractivity contribution is 0.0985. The maximum atomic E-state index is 13.7.